The lowest BCUT2D eigenvalue weighted by molar-refractivity contribution is 1.18. The Morgan fingerprint density at radius 2 is 0.971 bits per heavy atom. The summed E-state index contributed by atoms with van der Waals surface area (Å²) in [5.74, 6) is 0. The first-order valence-corrected chi connectivity index (χ1v) is 12.0. The molecule has 0 atom stereocenters. The summed E-state index contributed by atoms with van der Waals surface area (Å²) < 4.78 is 2.38. The Morgan fingerprint density at radius 3 is 1.71 bits per heavy atom. The maximum absolute atomic E-state index is 2.38. The average molecular weight is 446 g/mol. The van der Waals surface area contributed by atoms with E-state index in [2.05, 4.69) is 144 Å². The number of hydrogen-bond acceptors (Lipinski definition) is 0. The van der Waals surface area contributed by atoms with E-state index in [-0.39, 0.29) is 0 Å². The van der Waals surface area contributed by atoms with Crippen LogP contribution in [0.3, 0.4) is 0 Å². The highest BCUT2D eigenvalue weighted by Crippen LogP contribution is 2.36. The van der Waals surface area contributed by atoms with Crippen LogP contribution in [0.1, 0.15) is 0 Å². The molecule has 1 heterocycles. The smallest absolute Gasteiger partial charge is 0.0541 e. The van der Waals surface area contributed by atoms with E-state index < -0.39 is 0 Å². The van der Waals surface area contributed by atoms with Gasteiger partial charge in [0.05, 0.1) is 11.0 Å². The maximum atomic E-state index is 2.38. The van der Waals surface area contributed by atoms with Gasteiger partial charge in [0.2, 0.25) is 0 Å². The van der Waals surface area contributed by atoms with Crippen LogP contribution < -0.4 is 0 Å². The molecule has 1 aromatic heterocycles. The van der Waals surface area contributed by atoms with Crippen molar-refractivity contribution in [1.29, 1.82) is 0 Å². The number of para-hydroxylation sites is 2. The average Bonchev–Trinajstić information content (AvgIpc) is 3.27. The highest BCUT2D eigenvalue weighted by Gasteiger charge is 2.13. The third-order valence-electron chi connectivity index (χ3n) is 6.96. The van der Waals surface area contributed by atoms with Gasteiger partial charge in [-0.25, -0.2) is 0 Å². The Balaban J connectivity index is 1.46. The van der Waals surface area contributed by atoms with Gasteiger partial charge in [-0.2, -0.15) is 0 Å². The van der Waals surface area contributed by atoms with Crippen LogP contribution in [0.15, 0.2) is 140 Å². The molecule has 0 aliphatic carbocycles. The molecule has 0 fully saturated rings. The summed E-state index contributed by atoms with van der Waals surface area (Å²) in [6.45, 7) is 0. The summed E-state index contributed by atoms with van der Waals surface area (Å²) in [7, 11) is 0. The molecule has 1 nitrogen and oxygen atoms in total. The van der Waals surface area contributed by atoms with Crippen molar-refractivity contribution in [3.63, 3.8) is 0 Å². The molecular formula is C34H23N. The largest absolute Gasteiger partial charge is 0.309 e. The van der Waals surface area contributed by atoms with E-state index in [1.807, 2.05) is 0 Å². The molecule has 6 aromatic carbocycles. The Labute approximate surface area is 204 Å². The lowest BCUT2D eigenvalue weighted by atomic mass is 9.93. The van der Waals surface area contributed by atoms with Crippen LogP contribution in [0.2, 0.25) is 0 Å². The van der Waals surface area contributed by atoms with Gasteiger partial charge in [0.1, 0.15) is 0 Å². The fourth-order valence-electron chi connectivity index (χ4n) is 5.36. The first-order valence-electron chi connectivity index (χ1n) is 12.0. The van der Waals surface area contributed by atoms with Crippen LogP contribution in [0.5, 0.6) is 0 Å². The van der Waals surface area contributed by atoms with Crippen molar-refractivity contribution in [1.82, 2.24) is 4.57 Å². The van der Waals surface area contributed by atoms with E-state index >= 15 is 0 Å². The fourth-order valence-corrected chi connectivity index (χ4v) is 5.36. The molecule has 0 bridgehead atoms. The monoisotopic (exact) mass is 445 g/mol. The molecule has 1 heteroatoms. The minimum Gasteiger partial charge on any atom is -0.309 e. The number of aromatic nitrogens is 1. The molecule has 35 heavy (non-hydrogen) atoms. The van der Waals surface area contributed by atoms with Gasteiger partial charge in [-0.15, -0.1) is 0 Å². The first kappa shape index (κ1) is 19.8. The van der Waals surface area contributed by atoms with Gasteiger partial charge in [0, 0.05) is 16.5 Å². The maximum Gasteiger partial charge on any atom is 0.0541 e. The zero-order valence-electron chi connectivity index (χ0n) is 19.2. The van der Waals surface area contributed by atoms with Crippen molar-refractivity contribution in [2.24, 2.45) is 0 Å². The summed E-state index contributed by atoms with van der Waals surface area (Å²) in [6, 6.07) is 50.3. The van der Waals surface area contributed by atoms with Crippen LogP contribution in [0.4, 0.5) is 0 Å². The number of rotatable bonds is 3. The highest BCUT2D eigenvalue weighted by atomic mass is 15.0. The molecule has 0 saturated heterocycles. The fraction of sp³-hybridized carbons (Fsp3) is 0. The van der Waals surface area contributed by atoms with Crippen molar-refractivity contribution < 1.29 is 0 Å². The van der Waals surface area contributed by atoms with Crippen LogP contribution in [0, 0.1) is 0 Å². The zero-order valence-corrected chi connectivity index (χ0v) is 19.2. The molecule has 0 N–H and O–H groups in total. The first-order chi connectivity index (χ1) is 17.4. The van der Waals surface area contributed by atoms with Gasteiger partial charge in [0.25, 0.3) is 0 Å². The van der Waals surface area contributed by atoms with E-state index in [9.17, 15) is 0 Å². The predicted octanol–water partition coefficient (Wildman–Crippen LogP) is 9.27. The third-order valence-corrected chi connectivity index (χ3v) is 6.96. The molecule has 7 aromatic rings. The molecule has 0 saturated carbocycles. The van der Waals surface area contributed by atoms with Crippen LogP contribution in [-0.2, 0) is 0 Å². The number of benzene rings is 6. The number of nitrogens with zero attached hydrogens (tertiary/aromatic N) is 1. The van der Waals surface area contributed by atoms with Gasteiger partial charge < -0.3 is 4.57 Å². The summed E-state index contributed by atoms with van der Waals surface area (Å²) in [5.41, 5.74) is 8.58. The van der Waals surface area contributed by atoms with Crippen molar-refractivity contribution >= 4 is 32.6 Å². The van der Waals surface area contributed by atoms with Gasteiger partial charge in [-0.3, -0.25) is 0 Å². The molecule has 0 amide bonds. The lowest BCUT2D eigenvalue weighted by Crippen LogP contribution is -1.94. The standard InChI is InChI=1S/C34H23N/c1-2-11-24(12-3-1)32-23-27(21-26-13-4-5-16-29(26)32)25-14-10-15-28(22-25)35-33-19-8-6-17-30(33)31-18-7-9-20-34(31)35/h1-23H. The Bertz CT molecular complexity index is 1790. The molecule has 0 aliphatic heterocycles. The topological polar surface area (TPSA) is 4.93 Å². The van der Waals surface area contributed by atoms with Crippen LogP contribution in [0.25, 0.3) is 60.5 Å². The molecule has 0 spiro atoms. The minimum atomic E-state index is 1.18. The van der Waals surface area contributed by atoms with E-state index in [1.54, 1.807) is 0 Å². The second-order valence-electron chi connectivity index (χ2n) is 9.03. The van der Waals surface area contributed by atoms with Gasteiger partial charge >= 0.3 is 0 Å². The predicted molar refractivity (Wildman–Crippen MR) is 149 cm³/mol. The van der Waals surface area contributed by atoms with E-state index in [1.165, 1.54) is 60.5 Å². The summed E-state index contributed by atoms with van der Waals surface area (Å²) in [5, 5.41) is 5.10. The Kier molecular flexibility index (Phi) is 4.53. The summed E-state index contributed by atoms with van der Waals surface area (Å²) in [4.78, 5) is 0. The van der Waals surface area contributed by atoms with Crippen molar-refractivity contribution in [3.05, 3.63) is 140 Å². The zero-order chi connectivity index (χ0) is 23.2. The molecule has 0 aliphatic rings. The summed E-state index contributed by atoms with van der Waals surface area (Å²) >= 11 is 0. The Hall–Kier alpha value is -4.62. The summed E-state index contributed by atoms with van der Waals surface area (Å²) in [6.07, 6.45) is 0. The molecule has 7 rings (SSSR count). The highest BCUT2D eigenvalue weighted by molar-refractivity contribution is 6.09. The van der Waals surface area contributed by atoms with Gasteiger partial charge in [0.15, 0.2) is 0 Å². The van der Waals surface area contributed by atoms with Crippen LogP contribution >= 0.6 is 0 Å². The van der Waals surface area contributed by atoms with Gasteiger partial charge in [-0.05, 0) is 69.4 Å². The minimum absolute atomic E-state index is 1.18. The Morgan fingerprint density at radius 1 is 0.371 bits per heavy atom. The normalized spacial score (nSPS) is 11.4. The van der Waals surface area contributed by atoms with Crippen molar-refractivity contribution in [2.45, 2.75) is 0 Å². The van der Waals surface area contributed by atoms with E-state index in [4.69, 9.17) is 0 Å². The molecule has 0 radical (unpaired) electrons. The van der Waals surface area contributed by atoms with Gasteiger partial charge in [-0.1, -0.05) is 103 Å². The SMILES string of the molecule is c1ccc(-c2cc(-c3cccc(-n4c5ccccc5c5ccccc54)c3)cc3ccccc23)cc1. The number of hydrogen-bond donors (Lipinski definition) is 0. The third kappa shape index (κ3) is 3.25. The quantitative estimate of drug-likeness (QED) is 0.255. The molecule has 164 valence electrons. The van der Waals surface area contributed by atoms with E-state index in [0.717, 1.165) is 0 Å². The second kappa shape index (κ2) is 8.00. The second-order valence-corrected chi connectivity index (χ2v) is 9.03. The molecule has 0 unspecified atom stereocenters. The van der Waals surface area contributed by atoms with Crippen molar-refractivity contribution in [3.8, 4) is 27.9 Å². The van der Waals surface area contributed by atoms with E-state index in [0.29, 0.717) is 0 Å². The van der Waals surface area contributed by atoms with Crippen LogP contribution in [-0.4, -0.2) is 4.57 Å². The molecular weight excluding hydrogens is 422 g/mol. The lowest BCUT2D eigenvalue weighted by Gasteiger charge is -2.13. The van der Waals surface area contributed by atoms with Crippen molar-refractivity contribution in [2.75, 3.05) is 0 Å². The number of fused-ring (bicyclic) bond motifs is 4.